The minimum absolute atomic E-state index is 0.00187. The van der Waals surface area contributed by atoms with Crippen LogP contribution in [0.2, 0.25) is 0 Å². The van der Waals surface area contributed by atoms with Gasteiger partial charge in [0.2, 0.25) is 11.8 Å². The van der Waals surface area contributed by atoms with Crippen molar-refractivity contribution >= 4 is 33.4 Å². The lowest BCUT2D eigenvalue weighted by molar-refractivity contribution is -0.123. The van der Waals surface area contributed by atoms with Crippen LogP contribution in [0.15, 0.2) is 22.7 Å². The van der Waals surface area contributed by atoms with E-state index in [0.717, 1.165) is 28.6 Å². The summed E-state index contributed by atoms with van der Waals surface area (Å²) in [6.07, 6.45) is 7.05. The van der Waals surface area contributed by atoms with E-state index in [2.05, 4.69) is 26.6 Å². The Bertz CT molecular complexity index is 598. The molecule has 6 heteroatoms. The number of hydrogen-bond donors (Lipinski definition) is 2. The molecule has 1 aromatic carbocycles. The van der Waals surface area contributed by atoms with Gasteiger partial charge in [0.1, 0.15) is 0 Å². The zero-order valence-electron chi connectivity index (χ0n) is 15.1. The van der Waals surface area contributed by atoms with Gasteiger partial charge in [-0.1, -0.05) is 41.6 Å². The minimum atomic E-state index is -0.116. The fourth-order valence-corrected chi connectivity index (χ4v) is 3.68. The first-order valence-corrected chi connectivity index (χ1v) is 9.77. The highest BCUT2D eigenvalue weighted by molar-refractivity contribution is 9.10. The second-order valence-corrected chi connectivity index (χ2v) is 7.85. The largest absolute Gasteiger partial charge is 0.352 e. The Morgan fingerprint density at radius 2 is 1.76 bits per heavy atom. The van der Waals surface area contributed by atoms with Gasteiger partial charge in [-0.25, -0.2) is 0 Å². The number of aryl methyl sites for hydroxylation is 1. The highest BCUT2D eigenvalue weighted by Crippen LogP contribution is 2.20. The highest BCUT2D eigenvalue weighted by atomic mass is 79.9. The van der Waals surface area contributed by atoms with Gasteiger partial charge in [-0.2, -0.15) is 0 Å². The van der Waals surface area contributed by atoms with Gasteiger partial charge >= 0.3 is 0 Å². The molecule has 2 rings (SSSR count). The maximum atomic E-state index is 12.2. The zero-order valence-corrected chi connectivity index (χ0v) is 16.7. The fraction of sp³-hybridized carbons (Fsp3) is 0.579. The van der Waals surface area contributed by atoms with Crippen molar-refractivity contribution in [1.29, 1.82) is 0 Å². The predicted octanol–water partition coefficient (Wildman–Crippen LogP) is 3.47. The van der Waals surface area contributed by atoms with E-state index in [1.54, 1.807) is 11.9 Å². The van der Waals surface area contributed by atoms with Gasteiger partial charge < -0.3 is 10.6 Å². The number of carbonyl (C=O) groups excluding carboxylic acids is 2. The number of nitrogens with one attached hydrogen (secondary N) is 2. The summed E-state index contributed by atoms with van der Waals surface area (Å²) >= 11 is 3.41. The Labute approximate surface area is 158 Å². The van der Waals surface area contributed by atoms with Crippen LogP contribution in [0.5, 0.6) is 0 Å². The van der Waals surface area contributed by atoms with E-state index in [1.807, 2.05) is 25.1 Å². The molecule has 1 aromatic rings. The maximum Gasteiger partial charge on any atom is 0.238 e. The molecule has 0 heterocycles. The average molecular weight is 410 g/mol. The van der Waals surface area contributed by atoms with Crippen LogP contribution in [-0.2, 0) is 9.59 Å². The van der Waals surface area contributed by atoms with Crippen molar-refractivity contribution < 1.29 is 9.59 Å². The summed E-state index contributed by atoms with van der Waals surface area (Å²) in [6.45, 7) is 2.38. The van der Waals surface area contributed by atoms with Crippen molar-refractivity contribution in [1.82, 2.24) is 10.2 Å². The van der Waals surface area contributed by atoms with E-state index in [9.17, 15) is 9.59 Å². The van der Waals surface area contributed by atoms with Crippen molar-refractivity contribution in [3.8, 4) is 0 Å². The molecule has 0 bridgehead atoms. The number of anilines is 1. The van der Waals surface area contributed by atoms with Crippen LogP contribution in [0, 0.1) is 6.92 Å². The monoisotopic (exact) mass is 409 g/mol. The Morgan fingerprint density at radius 1 is 1.12 bits per heavy atom. The first-order chi connectivity index (χ1) is 11.9. The molecular formula is C19H28BrN3O2. The molecule has 0 radical (unpaired) electrons. The van der Waals surface area contributed by atoms with Gasteiger partial charge in [-0.15, -0.1) is 0 Å². The van der Waals surface area contributed by atoms with Crippen LogP contribution in [-0.4, -0.2) is 42.9 Å². The lowest BCUT2D eigenvalue weighted by atomic mass is 10.1. The van der Waals surface area contributed by atoms with Crippen molar-refractivity contribution in [2.24, 2.45) is 0 Å². The summed E-state index contributed by atoms with van der Waals surface area (Å²) in [5.41, 5.74) is 1.79. The number of rotatable bonds is 6. The lowest BCUT2D eigenvalue weighted by Crippen LogP contribution is -2.42. The standard InChI is InChI=1S/C19H28BrN3O2/c1-14-11-15(20)9-10-17(14)22-19(25)13-23(2)12-18(24)21-16-7-5-3-4-6-8-16/h9-11,16H,3-8,12-13H2,1-2H3,(H,21,24)(H,22,25). The first kappa shape index (κ1) is 19.9. The molecule has 0 aliphatic heterocycles. The molecule has 0 spiro atoms. The molecular weight excluding hydrogens is 382 g/mol. The van der Waals surface area contributed by atoms with Crippen LogP contribution in [0.4, 0.5) is 5.69 Å². The number of halogens is 1. The topological polar surface area (TPSA) is 61.4 Å². The number of likely N-dealkylation sites (N-methyl/N-ethyl adjacent to an activating group) is 1. The minimum Gasteiger partial charge on any atom is -0.352 e. The van der Waals surface area contributed by atoms with Crippen molar-refractivity contribution in [2.45, 2.75) is 51.5 Å². The molecule has 2 amide bonds. The van der Waals surface area contributed by atoms with E-state index in [0.29, 0.717) is 6.04 Å². The Morgan fingerprint density at radius 3 is 2.40 bits per heavy atom. The lowest BCUT2D eigenvalue weighted by Gasteiger charge is -2.20. The Balaban J connectivity index is 1.75. The molecule has 1 aliphatic rings. The quantitative estimate of drug-likeness (QED) is 0.707. The first-order valence-electron chi connectivity index (χ1n) is 8.98. The number of nitrogens with zero attached hydrogens (tertiary/aromatic N) is 1. The SMILES string of the molecule is Cc1cc(Br)ccc1NC(=O)CN(C)CC(=O)NC1CCCCCC1. The third-order valence-electron chi connectivity index (χ3n) is 4.51. The molecule has 1 aliphatic carbocycles. The van der Waals surface area contributed by atoms with E-state index >= 15 is 0 Å². The van der Waals surface area contributed by atoms with Gasteiger partial charge in [-0.05, 0) is 50.6 Å². The second kappa shape index (κ2) is 9.92. The molecule has 138 valence electrons. The van der Waals surface area contributed by atoms with Gasteiger partial charge in [0.05, 0.1) is 13.1 Å². The summed E-state index contributed by atoms with van der Waals surface area (Å²) in [5.74, 6) is -0.114. The van der Waals surface area contributed by atoms with E-state index in [-0.39, 0.29) is 24.9 Å². The number of benzene rings is 1. The van der Waals surface area contributed by atoms with E-state index < -0.39 is 0 Å². The average Bonchev–Trinajstić information content (AvgIpc) is 2.78. The van der Waals surface area contributed by atoms with Gasteiger partial charge in [0, 0.05) is 16.2 Å². The van der Waals surface area contributed by atoms with E-state index in [4.69, 9.17) is 0 Å². The Kier molecular flexibility index (Phi) is 7.90. The summed E-state index contributed by atoms with van der Waals surface area (Å²) in [6, 6.07) is 6.02. The van der Waals surface area contributed by atoms with Crippen LogP contribution < -0.4 is 10.6 Å². The highest BCUT2D eigenvalue weighted by Gasteiger charge is 2.17. The molecule has 2 N–H and O–H groups in total. The smallest absolute Gasteiger partial charge is 0.238 e. The van der Waals surface area contributed by atoms with Crippen LogP contribution in [0.1, 0.15) is 44.1 Å². The summed E-state index contributed by atoms with van der Waals surface area (Å²) in [5, 5.41) is 6.01. The molecule has 0 aromatic heterocycles. The number of carbonyl (C=O) groups is 2. The van der Waals surface area contributed by atoms with Crippen LogP contribution in [0.3, 0.4) is 0 Å². The third kappa shape index (κ3) is 7.16. The van der Waals surface area contributed by atoms with Gasteiger partial charge in [-0.3, -0.25) is 14.5 Å². The molecule has 0 atom stereocenters. The molecule has 0 unspecified atom stereocenters. The van der Waals surface area contributed by atoms with Crippen molar-refractivity contribution in [2.75, 3.05) is 25.5 Å². The third-order valence-corrected chi connectivity index (χ3v) is 5.00. The maximum absolute atomic E-state index is 12.2. The second-order valence-electron chi connectivity index (χ2n) is 6.94. The van der Waals surface area contributed by atoms with Gasteiger partial charge in [0.15, 0.2) is 0 Å². The summed E-state index contributed by atoms with van der Waals surface area (Å²) in [7, 11) is 1.79. The molecule has 25 heavy (non-hydrogen) atoms. The number of amides is 2. The van der Waals surface area contributed by atoms with Crippen molar-refractivity contribution in [3.05, 3.63) is 28.2 Å². The molecule has 5 nitrogen and oxygen atoms in total. The Hall–Kier alpha value is -1.40. The fourth-order valence-electron chi connectivity index (χ4n) is 3.20. The zero-order chi connectivity index (χ0) is 18.2. The van der Waals surface area contributed by atoms with Crippen LogP contribution >= 0.6 is 15.9 Å². The number of hydrogen-bond acceptors (Lipinski definition) is 3. The summed E-state index contributed by atoms with van der Waals surface area (Å²) < 4.78 is 0.982. The van der Waals surface area contributed by atoms with E-state index in [1.165, 1.54) is 25.7 Å². The molecule has 1 fully saturated rings. The predicted molar refractivity (Wildman–Crippen MR) is 105 cm³/mol. The molecule has 0 saturated heterocycles. The normalized spacial score (nSPS) is 15.7. The van der Waals surface area contributed by atoms with Crippen LogP contribution in [0.25, 0.3) is 0 Å². The summed E-state index contributed by atoms with van der Waals surface area (Å²) in [4.78, 5) is 26.1. The molecule has 1 saturated carbocycles. The van der Waals surface area contributed by atoms with Crippen molar-refractivity contribution in [3.63, 3.8) is 0 Å². The van der Waals surface area contributed by atoms with Gasteiger partial charge in [0.25, 0.3) is 0 Å².